The summed E-state index contributed by atoms with van der Waals surface area (Å²) >= 11 is 0. The average Bonchev–Trinajstić information content (AvgIpc) is 3.39. The first-order chi connectivity index (χ1) is 15.4. The van der Waals surface area contributed by atoms with Crippen LogP contribution < -0.4 is 10.3 Å². The Kier molecular flexibility index (Phi) is 4.68. The van der Waals surface area contributed by atoms with E-state index in [1.165, 1.54) is 29.7 Å². The third kappa shape index (κ3) is 3.29. The zero-order chi connectivity index (χ0) is 22.5. The number of pyridine rings is 1. The molecule has 0 saturated carbocycles. The van der Waals surface area contributed by atoms with E-state index in [1.54, 1.807) is 12.4 Å². The Balaban J connectivity index is 1.85. The Labute approximate surface area is 179 Å². The molecule has 0 spiro atoms. The molecule has 7 nitrogen and oxygen atoms in total. The van der Waals surface area contributed by atoms with Gasteiger partial charge in [0.1, 0.15) is 23.5 Å². The molecule has 0 unspecified atom stereocenters. The third-order valence-corrected chi connectivity index (χ3v) is 5.29. The van der Waals surface area contributed by atoms with Crippen molar-refractivity contribution in [3.05, 3.63) is 42.9 Å². The van der Waals surface area contributed by atoms with Gasteiger partial charge in [-0.05, 0) is 19.1 Å². The Hall–Kier alpha value is -3.76. The number of nitrogens with zero attached hydrogens (tertiary/aromatic N) is 5. The fourth-order valence-corrected chi connectivity index (χ4v) is 3.97. The number of aromatic nitrogens is 4. The second-order valence-electron chi connectivity index (χ2n) is 7.32. The molecule has 0 fully saturated rings. The van der Waals surface area contributed by atoms with E-state index in [0.717, 1.165) is 0 Å². The lowest BCUT2D eigenvalue weighted by molar-refractivity contribution is -0.0598. The number of nitrogens with one attached hydrogen (secondary N) is 2. The number of rotatable bonds is 4. The second kappa shape index (κ2) is 7.43. The number of H-pyrrole nitrogens is 1. The van der Waals surface area contributed by atoms with Crippen LogP contribution in [0.3, 0.4) is 0 Å². The predicted octanol–water partition coefficient (Wildman–Crippen LogP) is 4.87. The van der Waals surface area contributed by atoms with Gasteiger partial charge >= 0.3 is 6.18 Å². The summed E-state index contributed by atoms with van der Waals surface area (Å²) < 4.78 is 54.4. The first-order valence-electron chi connectivity index (χ1n) is 9.92. The molecule has 164 valence electrons. The fourth-order valence-electron chi connectivity index (χ4n) is 3.97. The summed E-state index contributed by atoms with van der Waals surface area (Å²) in [4.78, 5) is 15.7. The van der Waals surface area contributed by atoms with Crippen LogP contribution in [0, 0.1) is 5.82 Å². The van der Waals surface area contributed by atoms with Crippen molar-refractivity contribution >= 4 is 39.0 Å². The molecule has 0 radical (unpaired) electrons. The summed E-state index contributed by atoms with van der Waals surface area (Å²) in [5.41, 5.74) is 2.15. The average molecular weight is 443 g/mol. The highest BCUT2D eigenvalue weighted by atomic mass is 19.4. The SMILES string of the molecule is CCNc1cc(F)cc2c1[nH]c1ncc(-c3cncnc3)c(N3CCC(C(F)(F)F)=N3)c12. The van der Waals surface area contributed by atoms with Gasteiger partial charge in [-0.15, -0.1) is 0 Å². The second-order valence-corrected chi connectivity index (χ2v) is 7.32. The molecule has 32 heavy (non-hydrogen) atoms. The summed E-state index contributed by atoms with van der Waals surface area (Å²) in [6, 6.07) is 2.71. The first-order valence-corrected chi connectivity index (χ1v) is 9.92. The van der Waals surface area contributed by atoms with Crippen molar-refractivity contribution in [2.24, 2.45) is 5.10 Å². The molecule has 3 aromatic heterocycles. The van der Waals surface area contributed by atoms with E-state index in [0.29, 0.717) is 51.0 Å². The predicted molar refractivity (Wildman–Crippen MR) is 114 cm³/mol. The van der Waals surface area contributed by atoms with E-state index in [2.05, 4.69) is 30.4 Å². The summed E-state index contributed by atoms with van der Waals surface area (Å²) in [6.45, 7) is 2.47. The molecule has 11 heteroatoms. The number of hydrogen-bond donors (Lipinski definition) is 2. The topological polar surface area (TPSA) is 82.1 Å². The number of aromatic amines is 1. The Morgan fingerprint density at radius 2 is 1.94 bits per heavy atom. The number of benzene rings is 1. The maximum Gasteiger partial charge on any atom is 0.431 e. The van der Waals surface area contributed by atoms with E-state index in [4.69, 9.17) is 0 Å². The van der Waals surface area contributed by atoms with Crippen LogP contribution in [0.25, 0.3) is 33.1 Å². The highest BCUT2D eigenvalue weighted by Gasteiger charge is 2.40. The summed E-state index contributed by atoms with van der Waals surface area (Å²) in [5, 5.41) is 9.25. The lowest BCUT2D eigenvalue weighted by Gasteiger charge is -2.19. The molecule has 2 N–H and O–H groups in total. The van der Waals surface area contributed by atoms with Crippen molar-refractivity contribution in [1.29, 1.82) is 0 Å². The zero-order valence-electron chi connectivity index (χ0n) is 16.8. The van der Waals surface area contributed by atoms with Crippen LogP contribution in [0.1, 0.15) is 13.3 Å². The van der Waals surface area contributed by atoms with Crippen molar-refractivity contribution in [3.63, 3.8) is 0 Å². The molecular formula is C21H17F4N7. The van der Waals surface area contributed by atoms with Crippen LogP contribution in [0.5, 0.6) is 0 Å². The van der Waals surface area contributed by atoms with Crippen LogP contribution in [-0.2, 0) is 0 Å². The monoisotopic (exact) mass is 443 g/mol. The normalized spacial score (nSPS) is 14.4. The molecule has 0 amide bonds. The minimum Gasteiger partial charge on any atom is -0.384 e. The molecule has 4 heterocycles. The molecule has 0 bridgehead atoms. The molecule has 4 aromatic rings. The van der Waals surface area contributed by atoms with Gasteiger partial charge in [0.25, 0.3) is 0 Å². The first kappa shape index (κ1) is 20.2. The van der Waals surface area contributed by atoms with Crippen molar-refractivity contribution in [2.45, 2.75) is 19.5 Å². The lowest BCUT2D eigenvalue weighted by atomic mass is 10.0. The molecule has 0 saturated heterocycles. The van der Waals surface area contributed by atoms with Gasteiger partial charge in [-0.2, -0.15) is 18.3 Å². The largest absolute Gasteiger partial charge is 0.431 e. The van der Waals surface area contributed by atoms with Gasteiger partial charge in [0.2, 0.25) is 0 Å². The van der Waals surface area contributed by atoms with E-state index in [1.807, 2.05) is 6.92 Å². The molecule has 5 rings (SSSR count). The number of alkyl halides is 3. The van der Waals surface area contributed by atoms with Crippen LogP contribution >= 0.6 is 0 Å². The number of hydrogen-bond acceptors (Lipinski definition) is 6. The van der Waals surface area contributed by atoms with Gasteiger partial charge in [0, 0.05) is 54.6 Å². The van der Waals surface area contributed by atoms with Gasteiger partial charge in [0.05, 0.1) is 22.3 Å². The fraction of sp³-hybridized carbons (Fsp3) is 0.238. The summed E-state index contributed by atoms with van der Waals surface area (Å²) in [6.07, 6.45) is 1.20. The Morgan fingerprint density at radius 3 is 2.62 bits per heavy atom. The minimum atomic E-state index is -4.53. The van der Waals surface area contributed by atoms with Crippen LogP contribution in [0.4, 0.5) is 28.9 Å². The van der Waals surface area contributed by atoms with Gasteiger partial charge in [0.15, 0.2) is 0 Å². The maximum atomic E-state index is 14.5. The zero-order valence-corrected chi connectivity index (χ0v) is 16.8. The number of hydrazone groups is 1. The van der Waals surface area contributed by atoms with Gasteiger partial charge < -0.3 is 10.3 Å². The van der Waals surface area contributed by atoms with Gasteiger partial charge in [-0.25, -0.2) is 19.3 Å². The quantitative estimate of drug-likeness (QED) is 0.440. The van der Waals surface area contributed by atoms with Crippen LogP contribution in [0.2, 0.25) is 0 Å². The molecule has 1 aliphatic rings. The molecule has 1 aromatic carbocycles. The summed E-state index contributed by atoms with van der Waals surface area (Å²) in [7, 11) is 0. The smallest absolute Gasteiger partial charge is 0.384 e. The molecular weight excluding hydrogens is 426 g/mol. The van der Waals surface area contributed by atoms with Crippen molar-refractivity contribution in [3.8, 4) is 11.1 Å². The highest BCUT2D eigenvalue weighted by molar-refractivity contribution is 6.18. The minimum absolute atomic E-state index is 0.0245. The highest BCUT2D eigenvalue weighted by Crippen LogP contribution is 2.43. The van der Waals surface area contributed by atoms with Gasteiger partial charge in [-0.3, -0.25) is 5.01 Å². The molecule has 0 atom stereocenters. The van der Waals surface area contributed by atoms with Crippen molar-refractivity contribution in [1.82, 2.24) is 19.9 Å². The summed E-state index contributed by atoms with van der Waals surface area (Å²) in [5.74, 6) is -0.477. The van der Waals surface area contributed by atoms with E-state index in [9.17, 15) is 17.6 Å². The van der Waals surface area contributed by atoms with Gasteiger partial charge in [-0.1, -0.05) is 0 Å². The standard InChI is InChI=1S/C21H17F4N7/c1-2-28-15-6-12(22)5-13-17-19(32-4-3-16(31-32)21(23,24)25)14(11-7-26-10-27-8-11)9-29-20(17)30-18(13)15/h5-10,28H,2-4H2,1H3,(H,29,30). The lowest BCUT2D eigenvalue weighted by Crippen LogP contribution is -2.20. The number of halogens is 4. The third-order valence-electron chi connectivity index (χ3n) is 5.29. The maximum absolute atomic E-state index is 14.5. The van der Waals surface area contributed by atoms with E-state index in [-0.39, 0.29) is 13.0 Å². The van der Waals surface area contributed by atoms with E-state index < -0.39 is 17.7 Å². The Morgan fingerprint density at radius 1 is 1.16 bits per heavy atom. The number of fused-ring (bicyclic) bond motifs is 3. The van der Waals surface area contributed by atoms with E-state index >= 15 is 0 Å². The number of anilines is 2. The van der Waals surface area contributed by atoms with Crippen molar-refractivity contribution < 1.29 is 17.6 Å². The van der Waals surface area contributed by atoms with Crippen LogP contribution in [-0.4, -0.2) is 44.9 Å². The van der Waals surface area contributed by atoms with Crippen LogP contribution in [0.15, 0.2) is 42.2 Å². The molecule has 1 aliphatic heterocycles. The molecule has 0 aliphatic carbocycles. The Bertz CT molecular complexity index is 1350. The van der Waals surface area contributed by atoms with Crippen molar-refractivity contribution in [2.75, 3.05) is 23.4 Å².